The normalized spacial score (nSPS) is 15.0. The van der Waals surface area contributed by atoms with E-state index in [0.29, 0.717) is 23.4 Å². The predicted molar refractivity (Wildman–Crippen MR) is 117 cm³/mol. The van der Waals surface area contributed by atoms with E-state index >= 15 is 0 Å². The van der Waals surface area contributed by atoms with Crippen LogP contribution in [0.2, 0.25) is 0 Å². The van der Waals surface area contributed by atoms with Gasteiger partial charge in [0.1, 0.15) is 17.3 Å². The summed E-state index contributed by atoms with van der Waals surface area (Å²) in [4.78, 5) is 13.4. The summed E-state index contributed by atoms with van der Waals surface area (Å²) in [6.07, 6.45) is 3.46. The van der Waals surface area contributed by atoms with Crippen LogP contribution in [0, 0.1) is 5.82 Å². The summed E-state index contributed by atoms with van der Waals surface area (Å²) < 4.78 is 15.8. The largest absolute Gasteiger partial charge is 0.395 e. The van der Waals surface area contributed by atoms with Crippen molar-refractivity contribution >= 4 is 11.5 Å². The molecule has 5 rings (SSSR count). The molecule has 1 N–H and O–H groups in total. The maximum Gasteiger partial charge on any atom is 0.155 e. The molecule has 31 heavy (non-hydrogen) atoms. The Morgan fingerprint density at radius 3 is 2.48 bits per heavy atom. The first-order valence-electron chi connectivity index (χ1n) is 10.4. The van der Waals surface area contributed by atoms with Gasteiger partial charge in [0.25, 0.3) is 0 Å². The zero-order valence-electron chi connectivity index (χ0n) is 17.0. The summed E-state index contributed by atoms with van der Waals surface area (Å²) in [5.74, 6) is 0.569. The van der Waals surface area contributed by atoms with E-state index in [-0.39, 0.29) is 12.4 Å². The molecule has 0 aliphatic carbocycles. The molecule has 0 saturated carbocycles. The van der Waals surface area contributed by atoms with Gasteiger partial charge in [0.2, 0.25) is 0 Å². The molecule has 0 spiro atoms. The highest BCUT2D eigenvalue weighted by Crippen LogP contribution is 2.33. The zero-order valence-corrected chi connectivity index (χ0v) is 17.0. The molecule has 158 valence electrons. The number of imidazole rings is 1. The minimum atomic E-state index is -0.301. The molecule has 3 aromatic heterocycles. The van der Waals surface area contributed by atoms with Gasteiger partial charge in [0, 0.05) is 56.2 Å². The van der Waals surface area contributed by atoms with E-state index in [4.69, 9.17) is 15.2 Å². The van der Waals surface area contributed by atoms with Crippen molar-refractivity contribution in [3.8, 4) is 22.5 Å². The summed E-state index contributed by atoms with van der Waals surface area (Å²) in [7, 11) is 0. The van der Waals surface area contributed by atoms with Crippen molar-refractivity contribution in [2.45, 2.75) is 0 Å². The predicted octanol–water partition coefficient (Wildman–Crippen LogP) is 2.71. The molecular weight excluding hydrogens is 395 g/mol. The van der Waals surface area contributed by atoms with Crippen LogP contribution in [0.15, 0.2) is 60.9 Å². The highest BCUT2D eigenvalue weighted by atomic mass is 19.1. The van der Waals surface area contributed by atoms with E-state index in [1.165, 1.54) is 12.1 Å². The van der Waals surface area contributed by atoms with Crippen molar-refractivity contribution in [1.82, 2.24) is 24.5 Å². The van der Waals surface area contributed by atoms with Crippen LogP contribution in [0.25, 0.3) is 28.2 Å². The molecule has 0 bridgehead atoms. The van der Waals surface area contributed by atoms with E-state index in [2.05, 4.69) is 14.8 Å². The van der Waals surface area contributed by atoms with Crippen LogP contribution >= 0.6 is 0 Å². The SMILES string of the molecule is OCCN1CCN(c2ccc3nc(-c4cccc(F)c4)c(-c4ccncc4)n3n2)CC1. The average Bonchev–Trinajstić information content (AvgIpc) is 3.19. The number of pyridine rings is 1. The number of rotatable bonds is 5. The van der Waals surface area contributed by atoms with Gasteiger partial charge >= 0.3 is 0 Å². The van der Waals surface area contributed by atoms with Crippen LogP contribution in [-0.2, 0) is 0 Å². The average molecular weight is 418 g/mol. The molecule has 4 aromatic rings. The maximum atomic E-state index is 13.9. The monoisotopic (exact) mass is 418 g/mol. The van der Waals surface area contributed by atoms with Crippen molar-refractivity contribution < 1.29 is 9.50 Å². The van der Waals surface area contributed by atoms with Gasteiger partial charge in [-0.1, -0.05) is 12.1 Å². The first-order valence-corrected chi connectivity index (χ1v) is 10.4. The van der Waals surface area contributed by atoms with Gasteiger partial charge in [-0.2, -0.15) is 0 Å². The molecule has 7 nitrogen and oxygen atoms in total. The van der Waals surface area contributed by atoms with Gasteiger partial charge in [-0.3, -0.25) is 9.88 Å². The van der Waals surface area contributed by atoms with E-state index in [1.807, 2.05) is 34.8 Å². The van der Waals surface area contributed by atoms with Gasteiger partial charge in [-0.25, -0.2) is 13.9 Å². The van der Waals surface area contributed by atoms with E-state index < -0.39 is 0 Å². The van der Waals surface area contributed by atoms with Crippen LogP contribution in [0.1, 0.15) is 0 Å². The number of piperazine rings is 1. The van der Waals surface area contributed by atoms with Crippen LogP contribution in [0.4, 0.5) is 10.2 Å². The summed E-state index contributed by atoms with van der Waals surface area (Å²) in [5, 5.41) is 14.1. The van der Waals surface area contributed by atoms with Crippen LogP contribution < -0.4 is 4.90 Å². The first kappa shape index (κ1) is 19.6. The number of aliphatic hydroxyl groups excluding tert-OH is 1. The minimum absolute atomic E-state index is 0.178. The number of β-amino-alcohol motifs (C(OH)–C–C–N with tert-alkyl or cyclic N) is 1. The summed E-state index contributed by atoms with van der Waals surface area (Å²) >= 11 is 0. The molecule has 1 aliphatic heterocycles. The van der Waals surface area contributed by atoms with Crippen molar-refractivity contribution in [1.29, 1.82) is 0 Å². The van der Waals surface area contributed by atoms with Crippen molar-refractivity contribution in [3.05, 3.63) is 66.7 Å². The Bertz CT molecular complexity index is 1190. The number of aromatic nitrogens is 4. The summed E-state index contributed by atoms with van der Waals surface area (Å²) in [6.45, 7) is 4.33. The molecule has 1 fully saturated rings. The first-order chi connectivity index (χ1) is 15.2. The second kappa shape index (κ2) is 8.41. The number of hydrogen-bond donors (Lipinski definition) is 1. The lowest BCUT2D eigenvalue weighted by Crippen LogP contribution is -2.47. The van der Waals surface area contributed by atoms with Crippen molar-refractivity contribution in [2.75, 3.05) is 44.2 Å². The molecular formula is C23H23FN6O. The highest BCUT2D eigenvalue weighted by Gasteiger charge is 2.21. The number of nitrogens with zero attached hydrogens (tertiary/aromatic N) is 6. The second-order valence-electron chi connectivity index (χ2n) is 7.57. The van der Waals surface area contributed by atoms with E-state index in [1.54, 1.807) is 18.5 Å². The van der Waals surface area contributed by atoms with Gasteiger partial charge in [-0.05, 0) is 36.4 Å². The van der Waals surface area contributed by atoms with Crippen molar-refractivity contribution in [2.24, 2.45) is 0 Å². The fourth-order valence-electron chi connectivity index (χ4n) is 4.04. The topological polar surface area (TPSA) is 69.8 Å². The lowest BCUT2D eigenvalue weighted by molar-refractivity contribution is 0.188. The smallest absolute Gasteiger partial charge is 0.155 e. The minimum Gasteiger partial charge on any atom is -0.395 e. The van der Waals surface area contributed by atoms with Crippen LogP contribution in [0.5, 0.6) is 0 Å². The lowest BCUT2D eigenvalue weighted by Gasteiger charge is -2.34. The third-order valence-electron chi connectivity index (χ3n) is 5.63. The molecule has 0 amide bonds. The Kier molecular flexibility index (Phi) is 5.31. The van der Waals surface area contributed by atoms with E-state index in [9.17, 15) is 4.39 Å². The molecule has 1 aromatic carbocycles. The quantitative estimate of drug-likeness (QED) is 0.538. The second-order valence-corrected chi connectivity index (χ2v) is 7.57. The standard InChI is InChI=1S/C23H23FN6O/c24-19-3-1-2-18(16-19)22-23(17-6-8-25-9-7-17)30-20(26-22)4-5-21(27-30)29-12-10-28(11-13-29)14-15-31/h1-9,16,31H,10-15H2. The Hall–Kier alpha value is -3.36. The number of fused-ring (bicyclic) bond motifs is 1. The molecule has 0 unspecified atom stereocenters. The van der Waals surface area contributed by atoms with Gasteiger partial charge < -0.3 is 10.0 Å². The van der Waals surface area contributed by atoms with E-state index in [0.717, 1.165) is 43.3 Å². The Labute approximate surface area is 179 Å². The summed E-state index contributed by atoms with van der Waals surface area (Å²) in [6, 6.07) is 14.2. The van der Waals surface area contributed by atoms with Crippen molar-refractivity contribution in [3.63, 3.8) is 0 Å². The zero-order chi connectivity index (χ0) is 21.2. The molecule has 1 aliphatic rings. The number of halogens is 1. The Balaban J connectivity index is 1.59. The number of benzene rings is 1. The third kappa shape index (κ3) is 3.87. The Morgan fingerprint density at radius 1 is 0.935 bits per heavy atom. The fraction of sp³-hybridized carbons (Fsp3) is 0.261. The molecule has 4 heterocycles. The van der Waals surface area contributed by atoms with Gasteiger partial charge in [-0.15, -0.1) is 5.10 Å². The molecule has 8 heteroatoms. The van der Waals surface area contributed by atoms with Gasteiger partial charge in [0.15, 0.2) is 5.65 Å². The number of anilines is 1. The fourth-order valence-corrected chi connectivity index (χ4v) is 4.04. The van der Waals surface area contributed by atoms with Crippen LogP contribution in [0.3, 0.4) is 0 Å². The molecule has 1 saturated heterocycles. The molecule has 0 atom stereocenters. The highest BCUT2D eigenvalue weighted by molar-refractivity contribution is 5.81. The van der Waals surface area contributed by atoms with Gasteiger partial charge in [0.05, 0.1) is 12.3 Å². The summed E-state index contributed by atoms with van der Waals surface area (Å²) in [5.41, 5.74) is 3.82. The Morgan fingerprint density at radius 2 is 1.74 bits per heavy atom. The third-order valence-corrected chi connectivity index (χ3v) is 5.63. The lowest BCUT2D eigenvalue weighted by atomic mass is 10.1. The van der Waals surface area contributed by atoms with Crippen LogP contribution in [-0.4, -0.2) is 68.9 Å². The maximum absolute atomic E-state index is 13.9. The molecule has 0 radical (unpaired) electrons. The number of aliphatic hydroxyl groups is 1. The number of hydrogen-bond acceptors (Lipinski definition) is 6.